The molecule has 2 unspecified atom stereocenters. The number of hydrogen-bond donors (Lipinski definition) is 4. The number of para-hydroxylation sites is 1. The lowest BCUT2D eigenvalue weighted by molar-refractivity contribution is -0.181. The van der Waals surface area contributed by atoms with Gasteiger partial charge in [0, 0.05) is 27.3 Å². The summed E-state index contributed by atoms with van der Waals surface area (Å²) in [4.78, 5) is 67.9. The fraction of sp³-hybridized carbons (Fsp3) is 0.393. The second-order valence-corrected chi connectivity index (χ2v) is 11.9. The zero-order chi connectivity index (χ0) is 28.4. The first-order chi connectivity index (χ1) is 18.4. The van der Waals surface area contributed by atoms with E-state index in [1.165, 1.54) is 4.90 Å². The summed E-state index contributed by atoms with van der Waals surface area (Å²) in [6.07, 6.45) is 0.266. The minimum Gasteiger partial charge on any atom is -0.507 e. The Kier molecular flexibility index (Phi) is 6.88. The lowest BCUT2D eigenvalue weighted by Crippen LogP contribution is -2.74. The molecule has 0 bridgehead atoms. The number of phenols is 1. The molecule has 3 aliphatic rings. The molecule has 2 aromatic carbocycles. The zero-order valence-corrected chi connectivity index (χ0v) is 23.5. The van der Waals surface area contributed by atoms with E-state index in [0.29, 0.717) is 11.1 Å². The second kappa shape index (κ2) is 9.79. The molecule has 0 spiro atoms. The molecule has 2 fully saturated rings. The van der Waals surface area contributed by atoms with Gasteiger partial charge in [-0.3, -0.25) is 28.9 Å². The van der Waals surface area contributed by atoms with E-state index < -0.39 is 64.4 Å². The third kappa shape index (κ3) is 4.09. The van der Waals surface area contributed by atoms with Gasteiger partial charge in [0.2, 0.25) is 5.91 Å². The third-order valence-electron chi connectivity index (χ3n) is 8.34. The molecule has 0 radical (unpaired) electrons. The normalized spacial score (nSPS) is 30.0. The van der Waals surface area contributed by atoms with Gasteiger partial charge in [0.1, 0.15) is 5.75 Å². The van der Waals surface area contributed by atoms with Gasteiger partial charge in [-0.15, -0.1) is 0 Å². The number of nitrogens with two attached hydrogens (primary N) is 1. The molecule has 11 heteroatoms. The lowest BCUT2D eigenvalue weighted by Gasteiger charge is -2.52. The monoisotopic (exact) mass is 645 g/mol. The average molecular weight is 645 g/mol. The van der Waals surface area contributed by atoms with Crippen LogP contribution in [0.3, 0.4) is 0 Å². The van der Waals surface area contributed by atoms with Gasteiger partial charge in [0.15, 0.2) is 34.7 Å². The summed E-state index contributed by atoms with van der Waals surface area (Å²) in [5, 5.41) is 26.0. The Hall–Kier alpha value is -3.16. The van der Waals surface area contributed by atoms with Gasteiger partial charge >= 0.3 is 0 Å². The molecule has 3 aliphatic carbocycles. The van der Waals surface area contributed by atoms with Crippen molar-refractivity contribution in [2.24, 2.45) is 29.4 Å². The third-order valence-corrected chi connectivity index (χ3v) is 9.31. The summed E-state index contributed by atoms with van der Waals surface area (Å²) >= 11 is 2.10. The standard InChI is InChI=1S/C28H28IN3O7/c1-32(2)21-16-9-12-8-15-17(29)10-13(11-31-14-6-4-3-5-7-14)22(33)19(15)23(34)18(12)25(36)28(16,39)26(37)20(24(21)35)27(30)38/h3-7,10,12,16,18,20-21,31,33,39H,8-9,11H2,1-2H3,(H2,30,38)/t12-,16-,18?,20?,21-,28-/m0/s1. The van der Waals surface area contributed by atoms with E-state index >= 15 is 0 Å². The Bertz CT molecular complexity index is 1430. The fourth-order valence-electron chi connectivity index (χ4n) is 6.57. The number of aromatic hydroxyl groups is 1. The van der Waals surface area contributed by atoms with Crippen LogP contribution >= 0.6 is 22.6 Å². The number of nitrogens with one attached hydrogen (secondary N) is 1. The molecule has 0 saturated heterocycles. The van der Waals surface area contributed by atoms with Crippen molar-refractivity contribution in [1.29, 1.82) is 0 Å². The van der Waals surface area contributed by atoms with Crippen molar-refractivity contribution >= 4 is 57.3 Å². The number of Topliss-reactive ketones (excluding diaryl/α,β-unsaturated/α-hetero) is 4. The summed E-state index contributed by atoms with van der Waals surface area (Å²) in [6.45, 7) is 0.214. The van der Waals surface area contributed by atoms with Crippen molar-refractivity contribution in [3.05, 3.63) is 56.7 Å². The summed E-state index contributed by atoms with van der Waals surface area (Å²) in [5.41, 5.74) is 4.48. The number of nitrogens with zero attached hydrogens (tertiary/aromatic N) is 1. The largest absolute Gasteiger partial charge is 0.507 e. The fourth-order valence-corrected chi connectivity index (χ4v) is 7.43. The van der Waals surface area contributed by atoms with Gasteiger partial charge in [0.25, 0.3) is 0 Å². The topological polar surface area (TPSA) is 167 Å². The van der Waals surface area contributed by atoms with Crippen LogP contribution in [-0.2, 0) is 32.1 Å². The summed E-state index contributed by atoms with van der Waals surface area (Å²) in [6, 6.07) is 9.98. The predicted octanol–water partition coefficient (Wildman–Crippen LogP) is 1.08. The van der Waals surface area contributed by atoms with Crippen LogP contribution in [0.2, 0.25) is 0 Å². The Morgan fingerprint density at radius 1 is 1.15 bits per heavy atom. The molecule has 39 heavy (non-hydrogen) atoms. The van der Waals surface area contributed by atoms with Gasteiger partial charge in [-0.2, -0.15) is 0 Å². The van der Waals surface area contributed by atoms with Crippen LogP contribution in [0.15, 0.2) is 36.4 Å². The number of fused-ring (bicyclic) bond motifs is 3. The minimum atomic E-state index is -2.73. The number of carbonyl (C=O) groups excluding carboxylic acids is 5. The van der Waals surface area contributed by atoms with Crippen LogP contribution in [0.1, 0.15) is 27.9 Å². The maximum Gasteiger partial charge on any atom is 0.235 e. The number of rotatable bonds is 5. The zero-order valence-electron chi connectivity index (χ0n) is 21.3. The molecule has 5 N–H and O–H groups in total. The number of likely N-dealkylation sites (N-methyl/N-ethyl adjacent to an activating group) is 1. The predicted molar refractivity (Wildman–Crippen MR) is 148 cm³/mol. The number of carbonyl (C=O) groups is 5. The van der Waals surface area contributed by atoms with Crippen molar-refractivity contribution in [3.8, 4) is 5.75 Å². The molecule has 1 amide bonds. The van der Waals surface area contributed by atoms with E-state index in [9.17, 15) is 34.2 Å². The Morgan fingerprint density at radius 2 is 1.82 bits per heavy atom. The van der Waals surface area contributed by atoms with E-state index in [-0.39, 0.29) is 30.7 Å². The SMILES string of the molecule is CN(C)[C@@H]1C(=O)C(C(N)=O)C(=O)[C@@]2(O)C(=O)C3C(=O)c4c(O)c(CNc5ccccc5)cc(I)c4C[C@H]3C[C@@H]12. The first kappa shape index (κ1) is 27.4. The number of amides is 1. The first-order valence-electron chi connectivity index (χ1n) is 12.6. The van der Waals surface area contributed by atoms with Crippen molar-refractivity contribution in [1.82, 2.24) is 4.90 Å². The quantitative estimate of drug-likeness (QED) is 0.275. The summed E-state index contributed by atoms with van der Waals surface area (Å²) < 4.78 is 0.735. The first-order valence-corrected chi connectivity index (χ1v) is 13.6. The van der Waals surface area contributed by atoms with Crippen LogP contribution in [0.25, 0.3) is 0 Å². The number of ketones is 4. The van der Waals surface area contributed by atoms with E-state index in [0.717, 1.165) is 9.26 Å². The number of anilines is 1. The van der Waals surface area contributed by atoms with E-state index in [4.69, 9.17) is 5.73 Å². The van der Waals surface area contributed by atoms with Crippen molar-refractivity contribution < 1.29 is 34.2 Å². The van der Waals surface area contributed by atoms with E-state index in [1.807, 2.05) is 30.3 Å². The van der Waals surface area contributed by atoms with Crippen molar-refractivity contribution in [2.75, 3.05) is 19.4 Å². The van der Waals surface area contributed by atoms with Crippen LogP contribution in [0, 0.1) is 27.2 Å². The van der Waals surface area contributed by atoms with Crippen LogP contribution in [0.5, 0.6) is 5.75 Å². The van der Waals surface area contributed by atoms with E-state index in [2.05, 4.69) is 27.9 Å². The minimum absolute atomic E-state index is 0.00152. The highest BCUT2D eigenvalue weighted by Gasteiger charge is 2.69. The molecule has 204 valence electrons. The number of aliphatic hydroxyl groups is 1. The maximum absolute atomic E-state index is 13.9. The molecule has 10 nitrogen and oxygen atoms in total. The van der Waals surface area contributed by atoms with Gasteiger partial charge < -0.3 is 21.3 Å². The Balaban J connectivity index is 1.56. The highest BCUT2D eigenvalue weighted by atomic mass is 127. The molecule has 6 atom stereocenters. The van der Waals surface area contributed by atoms with Gasteiger partial charge in [-0.25, -0.2) is 0 Å². The van der Waals surface area contributed by atoms with Gasteiger partial charge in [0.05, 0.1) is 17.5 Å². The van der Waals surface area contributed by atoms with Crippen molar-refractivity contribution in [3.63, 3.8) is 0 Å². The molecule has 5 rings (SSSR count). The Morgan fingerprint density at radius 3 is 2.44 bits per heavy atom. The summed E-state index contributed by atoms with van der Waals surface area (Å²) in [7, 11) is 3.11. The Labute approximate surface area is 238 Å². The van der Waals surface area contributed by atoms with Crippen molar-refractivity contribution in [2.45, 2.75) is 31.0 Å². The molecule has 0 heterocycles. The highest BCUT2D eigenvalue weighted by Crippen LogP contribution is 2.51. The number of primary amides is 1. The number of hydrogen-bond acceptors (Lipinski definition) is 9. The van der Waals surface area contributed by atoms with Crippen LogP contribution < -0.4 is 11.1 Å². The molecule has 0 aliphatic heterocycles. The summed E-state index contributed by atoms with van der Waals surface area (Å²) in [5.74, 6) is -10.4. The number of phenolic OH excluding ortho intramolecular Hbond substituents is 1. The molecule has 0 aromatic heterocycles. The van der Waals surface area contributed by atoms with Gasteiger partial charge in [-0.1, -0.05) is 18.2 Å². The molecule has 2 saturated carbocycles. The molecular weight excluding hydrogens is 617 g/mol. The second-order valence-electron chi connectivity index (χ2n) is 10.7. The van der Waals surface area contributed by atoms with Gasteiger partial charge in [-0.05, 0) is 79.2 Å². The van der Waals surface area contributed by atoms with E-state index in [1.54, 1.807) is 20.2 Å². The highest BCUT2D eigenvalue weighted by molar-refractivity contribution is 14.1. The maximum atomic E-state index is 13.9. The molecular formula is C28H28IN3O7. The smallest absolute Gasteiger partial charge is 0.235 e. The van der Waals surface area contributed by atoms with Crippen LogP contribution in [-0.4, -0.2) is 69.9 Å². The lowest BCUT2D eigenvalue weighted by atomic mass is 9.52. The molecule has 2 aromatic rings. The number of halogens is 1. The average Bonchev–Trinajstić information content (AvgIpc) is 2.87. The number of benzene rings is 2. The van der Waals surface area contributed by atoms with Crippen LogP contribution in [0.4, 0.5) is 5.69 Å².